The molecule has 6 heteroatoms. The Morgan fingerprint density at radius 3 is 2.31 bits per heavy atom. The van der Waals surface area contributed by atoms with Gasteiger partial charge in [-0.15, -0.1) is 0 Å². The van der Waals surface area contributed by atoms with E-state index in [0.29, 0.717) is 29.7 Å². The van der Waals surface area contributed by atoms with Crippen molar-refractivity contribution in [3.63, 3.8) is 0 Å². The van der Waals surface area contributed by atoms with Gasteiger partial charge in [-0.3, -0.25) is 14.5 Å². The SMILES string of the molecule is CCC(=O)N1c2ccccc2NC2=C(C(=O)C[C@H](c3ccc(N(C)C)cc3)C2)[C@H]1c1ccc(F)cc1. The van der Waals surface area contributed by atoms with Crippen molar-refractivity contribution in [3.05, 3.63) is 101 Å². The fourth-order valence-electron chi connectivity index (χ4n) is 5.28. The first-order valence-corrected chi connectivity index (χ1v) is 12.3. The van der Waals surface area contributed by atoms with Crippen molar-refractivity contribution in [3.8, 4) is 0 Å². The third-order valence-electron chi connectivity index (χ3n) is 7.13. The van der Waals surface area contributed by atoms with Crippen LogP contribution in [0.5, 0.6) is 0 Å². The number of Topliss-reactive ketones (excluding diaryl/α,β-unsaturated/α-hetero) is 1. The Kier molecular flexibility index (Phi) is 6.35. The number of nitrogens with zero attached hydrogens (tertiary/aromatic N) is 2. The van der Waals surface area contributed by atoms with E-state index in [1.54, 1.807) is 17.0 Å². The van der Waals surface area contributed by atoms with Crippen LogP contribution in [0, 0.1) is 5.82 Å². The highest BCUT2D eigenvalue weighted by molar-refractivity contribution is 6.06. The molecule has 1 aliphatic carbocycles. The number of hydrogen-bond donors (Lipinski definition) is 1. The van der Waals surface area contributed by atoms with Crippen LogP contribution < -0.4 is 15.1 Å². The molecule has 0 bridgehead atoms. The predicted octanol–water partition coefficient (Wildman–Crippen LogP) is 6.20. The molecule has 3 aromatic rings. The molecule has 0 saturated heterocycles. The standard InChI is InChI=1S/C30H30FN3O2/c1-4-28(36)34-26-8-6-5-7-24(26)32-25-17-21(19-11-15-23(16-12-19)33(2)3)18-27(35)29(25)30(34)20-9-13-22(31)14-10-20/h5-16,21,30,32H,4,17-18H2,1-3H3/t21-,30-/m1/s1. The lowest BCUT2D eigenvalue weighted by Gasteiger charge is -2.35. The van der Waals surface area contributed by atoms with E-state index in [9.17, 15) is 14.0 Å². The molecule has 2 aliphatic rings. The summed E-state index contributed by atoms with van der Waals surface area (Å²) in [6, 6.07) is 21.5. The molecule has 5 rings (SSSR count). The number of amides is 1. The first-order valence-electron chi connectivity index (χ1n) is 12.3. The Bertz CT molecular complexity index is 1330. The highest BCUT2D eigenvalue weighted by atomic mass is 19.1. The van der Waals surface area contributed by atoms with Crippen molar-refractivity contribution in [2.75, 3.05) is 29.2 Å². The molecule has 0 unspecified atom stereocenters. The fourth-order valence-corrected chi connectivity index (χ4v) is 5.28. The summed E-state index contributed by atoms with van der Waals surface area (Å²) in [5.74, 6) is -0.429. The summed E-state index contributed by atoms with van der Waals surface area (Å²) in [5.41, 5.74) is 5.83. The third-order valence-corrected chi connectivity index (χ3v) is 7.13. The monoisotopic (exact) mass is 483 g/mol. The Morgan fingerprint density at radius 2 is 1.64 bits per heavy atom. The number of para-hydroxylation sites is 2. The molecule has 1 aliphatic heterocycles. The topological polar surface area (TPSA) is 52.7 Å². The van der Waals surface area contributed by atoms with Gasteiger partial charge in [0.1, 0.15) is 5.82 Å². The van der Waals surface area contributed by atoms with Crippen molar-refractivity contribution >= 4 is 28.8 Å². The average Bonchev–Trinajstić information content (AvgIpc) is 3.03. The molecule has 5 nitrogen and oxygen atoms in total. The van der Waals surface area contributed by atoms with Crippen LogP contribution in [0.15, 0.2) is 84.1 Å². The minimum Gasteiger partial charge on any atom is -0.378 e. The number of carbonyl (C=O) groups is 2. The maximum absolute atomic E-state index is 13.9. The van der Waals surface area contributed by atoms with Crippen LogP contribution in [0.4, 0.5) is 21.5 Å². The molecule has 1 N–H and O–H groups in total. The van der Waals surface area contributed by atoms with Gasteiger partial charge in [0.15, 0.2) is 5.78 Å². The van der Waals surface area contributed by atoms with Gasteiger partial charge in [-0.1, -0.05) is 43.3 Å². The van der Waals surface area contributed by atoms with Crippen LogP contribution in [-0.2, 0) is 9.59 Å². The third kappa shape index (κ3) is 4.28. The molecular formula is C30H30FN3O2. The van der Waals surface area contributed by atoms with Crippen LogP contribution in [0.25, 0.3) is 0 Å². The second-order valence-corrected chi connectivity index (χ2v) is 9.62. The molecule has 184 valence electrons. The molecule has 1 amide bonds. The van der Waals surface area contributed by atoms with Gasteiger partial charge in [0.2, 0.25) is 5.91 Å². The molecule has 1 heterocycles. The minimum absolute atomic E-state index is 0.00136. The summed E-state index contributed by atoms with van der Waals surface area (Å²) >= 11 is 0. The average molecular weight is 484 g/mol. The van der Waals surface area contributed by atoms with Crippen molar-refractivity contribution < 1.29 is 14.0 Å². The van der Waals surface area contributed by atoms with Crippen molar-refractivity contribution in [2.24, 2.45) is 0 Å². The normalized spacial score (nSPS) is 19.2. The van der Waals surface area contributed by atoms with Crippen molar-refractivity contribution in [2.45, 2.75) is 38.1 Å². The Hall–Kier alpha value is -3.93. The van der Waals surface area contributed by atoms with E-state index in [1.165, 1.54) is 12.1 Å². The number of nitrogens with one attached hydrogen (secondary N) is 1. The molecule has 0 radical (unpaired) electrons. The summed E-state index contributed by atoms with van der Waals surface area (Å²) in [5, 5.41) is 3.52. The molecular weight excluding hydrogens is 453 g/mol. The Labute approximate surface area is 211 Å². The van der Waals surface area contributed by atoms with Crippen LogP contribution in [0.3, 0.4) is 0 Å². The van der Waals surface area contributed by atoms with E-state index >= 15 is 0 Å². The fraction of sp³-hybridized carbons (Fsp3) is 0.267. The summed E-state index contributed by atoms with van der Waals surface area (Å²) in [4.78, 5) is 31.0. The number of allylic oxidation sites excluding steroid dienone is 1. The number of carbonyl (C=O) groups excluding carboxylic acids is 2. The lowest BCUT2D eigenvalue weighted by atomic mass is 9.78. The van der Waals surface area contributed by atoms with E-state index in [-0.39, 0.29) is 29.8 Å². The molecule has 36 heavy (non-hydrogen) atoms. The lowest BCUT2D eigenvalue weighted by molar-refractivity contribution is -0.119. The van der Waals surface area contributed by atoms with E-state index in [0.717, 1.165) is 22.6 Å². The van der Waals surface area contributed by atoms with E-state index in [1.807, 2.05) is 50.2 Å². The number of hydrogen-bond acceptors (Lipinski definition) is 4. The molecule has 0 saturated carbocycles. The molecule has 3 aromatic carbocycles. The molecule has 0 aromatic heterocycles. The van der Waals surface area contributed by atoms with Gasteiger partial charge in [-0.05, 0) is 59.9 Å². The van der Waals surface area contributed by atoms with Gasteiger partial charge in [0.25, 0.3) is 0 Å². The van der Waals surface area contributed by atoms with Gasteiger partial charge in [-0.25, -0.2) is 4.39 Å². The number of ketones is 1. The smallest absolute Gasteiger partial charge is 0.227 e. The van der Waals surface area contributed by atoms with Crippen LogP contribution >= 0.6 is 0 Å². The maximum atomic E-state index is 13.9. The predicted molar refractivity (Wildman–Crippen MR) is 142 cm³/mol. The van der Waals surface area contributed by atoms with E-state index in [4.69, 9.17) is 0 Å². The first kappa shape index (κ1) is 23.8. The highest BCUT2D eigenvalue weighted by Gasteiger charge is 2.41. The van der Waals surface area contributed by atoms with Crippen molar-refractivity contribution in [1.29, 1.82) is 0 Å². The summed E-state index contributed by atoms with van der Waals surface area (Å²) in [6.45, 7) is 1.82. The summed E-state index contributed by atoms with van der Waals surface area (Å²) < 4.78 is 13.8. The summed E-state index contributed by atoms with van der Waals surface area (Å²) in [6.07, 6.45) is 1.27. The van der Waals surface area contributed by atoms with Crippen molar-refractivity contribution in [1.82, 2.24) is 0 Å². The first-order chi connectivity index (χ1) is 17.4. The Morgan fingerprint density at radius 1 is 0.972 bits per heavy atom. The Balaban J connectivity index is 1.65. The van der Waals surface area contributed by atoms with Crippen LogP contribution in [0.1, 0.15) is 49.3 Å². The number of halogens is 1. The van der Waals surface area contributed by atoms with Gasteiger partial charge in [0.05, 0.1) is 17.4 Å². The highest BCUT2D eigenvalue weighted by Crippen LogP contribution is 2.47. The zero-order valence-electron chi connectivity index (χ0n) is 20.8. The second kappa shape index (κ2) is 9.61. The quantitative estimate of drug-likeness (QED) is 0.480. The van der Waals surface area contributed by atoms with Crippen LogP contribution in [0.2, 0.25) is 0 Å². The van der Waals surface area contributed by atoms with Gasteiger partial charge in [-0.2, -0.15) is 0 Å². The number of benzene rings is 3. The molecule has 2 atom stereocenters. The maximum Gasteiger partial charge on any atom is 0.227 e. The van der Waals surface area contributed by atoms with E-state index < -0.39 is 6.04 Å². The van der Waals surface area contributed by atoms with E-state index in [2.05, 4.69) is 29.6 Å². The zero-order valence-corrected chi connectivity index (χ0v) is 20.8. The summed E-state index contributed by atoms with van der Waals surface area (Å²) in [7, 11) is 4.00. The van der Waals surface area contributed by atoms with Gasteiger partial charge >= 0.3 is 0 Å². The van der Waals surface area contributed by atoms with Crippen LogP contribution in [-0.4, -0.2) is 25.8 Å². The molecule has 0 fully saturated rings. The van der Waals surface area contributed by atoms with Gasteiger partial charge in [0, 0.05) is 43.9 Å². The number of rotatable bonds is 4. The zero-order chi connectivity index (χ0) is 25.4. The second-order valence-electron chi connectivity index (χ2n) is 9.62. The molecule has 0 spiro atoms. The number of fused-ring (bicyclic) bond motifs is 1. The number of anilines is 3. The van der Waals surface area contributed by atoms with Gasteiger partial charge < -0.3 is 10.2 Å². The minimum atomic E-state index is -0.631. The lowest BCUT2D eigenvalue weighted by Crippen LogP contribution is -2.38. The largest absolute Gasteiger partial charge is 0.378 e.